The van der Waals surface area contributed by atoms with Crippen molar-refractivity contribution in [3.05, 3.63) is 35.2 Å². The number of aromatic nitrogens is 1. The number of rotatable bonds is 3. The molecule has 0 spiro atoms. The molecule has 0 aliphatic carbocycles. The lowest BCUT2D eigenvalue weighted by Gasteiger charge is -2.18. The smallest absolute Gasteiger partial charge is 0.183 e. The molecule has 1 N–H and O–H groups in total. The Morgan fingerprint density at radius 2 is 1.74 bits per heavy atom. The number of hydrogen-bond donors (Lipinski definition) is 1. The Morgan fingerprint density at radius 1 is 1.11 bits per heavy atom. The molecule has 0 atom stereocenters. The van der Waals surface area contributed by atoms with E-state index in [2.05, 4.69) is 74.6 Å². The summed E-state index contributed by atoms with van der Waals surface area (Å²) in [4.78, 5) is 4.62. The second kappa shape index (κ2) is 5.33. The fraction of sp³-hybridized carbons (Fsp3) is 0.438. The Kier molecular flexibility index (Phi) is 3.95. The molecule has 1 aromatic carbocycles. The van der Waals surface area contributed by atoms with E-state index in [1.165, 1.54) is 11.1 Å². The quantitative estimate of drug-likeness (QED) is 0.858. The monoisotopic (exact) mass is 274 g/mol. The minimum absolute atomic E-state index is 0.199. The van der Waals surface area contributed by atoms with Gasteiger partial charge in [-0.2, -0.15) is 0 Å². The fourth-order valence-corrected chi connectivity index (χ4v) is 2.73. The lowest BCUT2D eigenvalue weighted by Crippen LogP contribution is -2.10. The molecule has 3 heteroatoms. The minimum atomic E-state index is 0.199. The second-order valence-corrected chi connectivity index (χ2v) is 7.02. The van der Waals surface area contributed by atoms with Crippen LogP contribution in [0.2, 0.25) is 0 Å². The van der Waals surface area contributed by atoms with Crippen LogP contribution in [-0.4, -0.2) is 11.0 Å². The molecule has 19 heavy (non-hydrogen) atoms. The molecule has 0 aliphatic rings. The maximum absolute atomic E-state index is 4.62. The van der Waals surface area contributed by atoms with Crippen molar-refractivity contribution in [3.63, 3.8) is 0 Å². The summed E-state index contributed by atoms with van der Waals surface area (Å²) in [6, 6.07) is 9.14. The van der Waals surface area contributed by atoms with Gasteiger partial charge in [0.1, 0.15) is 0 Å². The molecule has 2 aromatic rings. The van der Waals surface area contributed by atoms with Crippen molar-refractivity contribution in [3.8, 4) is 11.3 Å². The number of nitrogens with one attached hydrogen (secondary N) is 1. The zero-order chi connectivity index (χ0) is 14.0. The maximum atomic E-state index is 4.62. The number of thiazole rings is 1. The summed E-state index contributed by atoms with van der Waals surface area (Å²) in [6.07, 6.45) is 0. The number of benzene rings is 1. The average molecular weight is 274 g/mol. The summed E-state index contributed by atoms with van der Waals surface area (Å²) in [5.41, 5.74) is 3.78. The van der Waals surface area contributed by atoms with Gasteiger partial charge in [-0.1, -0.05) is 45.0 Å². The van der Waals surface area contributed by atoms with Gasteiger partial charge in [0.05, 0.1) is 5.69 Å². The molecule has 0 saturated carbocycles. The molecule has 2 rings (SSSR count). The van der Waals surface area contributed by atoms with E-state index in [0.717, 1.165) is 10.8 Å². The van der Waals surface area contributed by atoms with Crippen molar-refractivity contribution in [2.24, 2.45) is 0 Å². The van der Waals surface area contributed by atoms with E-state index in [-0.39, 0.29) is 5.41 Å². The largest absolute Gasteiger partial charge is 0.359 e. The van der Waals surface area contributed by atoms with Gasteiger partial charge in [-0.05, 0) is 24.8 Å². The first-order valence-corrected chi connectivity index (χ1v) is 7.57. The highest BCUT2D eigenvalue weighted by Crippen LogP contribution is 2.28. The van der Waals surface area contributed by atoms with E-state index in [4.69, 9.17) is 0 Å². The Morgan fingerprint density at radius 3 is 2.26 bits per heavy atom. The molecular weight excluding hydrogens is 252 g/mol. The highest BCUT2D eigenvalue weighted by molar-refractivity contribution is 7.14. The predicted molar refractivity (Wildman–Crippen MR) is 85.0 cm³/mol. The number of anilines is 1. The Hall–Kier alpha value is -1.35. The van der Waals surface area contributed by atoms with Crippen LogP contribution in [0.3, 0.4) is 0 Å². The summed E-state index contributed by atoms with van der Waals surface area (Å²) in [5.74, 6) is 0. The highest BCUT2D eigenvalue weighted by atomic mass is 32.1. The molecule has 0 unspecified atom stereocenters. The van der Waals surface area contributed by atoms with Gasteiger partial charge in [0, 0.05) is 17.0 Å². The Bertz CT molecular complexity index is 533. The summed E-state index contributed by atoms with van der Waals surface area (Å²) >= 11 is 1.66. The zero-order valence-electron chi connectivity index (χ0n) is 12.3. The van der Waals surface area contributed by atoms with Crippen molar-refractivity contribution < 1.29 is 0 Å². The van der Waals surface area contributed by atoms with Crippen molar-refractivity contribution in [2.45, 2.75) is 46.1 Å². The van der Waals surface area contributed by atoms with Crippen LogP contribution in [0.4, 0.5) is 5.13 Å². The molecule has 0 saturated heterocycles. The number of nitrogens with zero attached hydrogens (tertiary/aromatic N) is 1. The van der Waals surface area contributed by atoms with E-state index >= 15 is 0 Å². The lowest BCUT2D eigenvalue weighted by molar-refractivity contribution is 0.590. The summed E-state index contributed by atoms with van der Waals surface area (Å²) in [5, 5.41) is 6.44. The van der Waals surface area contributed by atoms with Gasteiger partial charge in [0.25, 0.3) is 0 Å². The minimum Gasteiger partial charge on any atom is -0.359 e. The van der Waals surface area contributed by atoms with Crippen LogP contribution < -0.4 is 5.32 Å². The van der Waals surface area contributed by atoms with Crippen molar-refractivity contribution in [2.75, 3.05) is 5.32 Å². The van der Waals surface area contributed by atoms with Gasteiger partial charge in [-0.25, -0.2) is 4.98 Å². The van der Waals surface area contributed by atoms with Gasteiger partial charge in [-0.3, -0.25) is 0 Å². The second-order valence-electron chi connectivity index (χ2n) is 6.16. The van der Waals surface area contributed by atoms with Gasteiger partial charge >= 0.3 is 0 Å². The summed E-state index contributed by atoms with van der Waals surface area (Å²) in [7, 11) is 0. The first-order chi connectivity index (χ1) is 8.86. The molecule has 1 heterocycles. The number of hydrogen-bond acceptors (Lipinski definition) is 3. The van der Waals surface area contributed by atoms with Crippen LogP contribution in [-0.2, 0) is 5.41 Å². The molecule has 0 radical (unpaired) electrons. The first-order valence-electron chi connectivity index (χ1n) is 6.69. The van der Waals surface area contributed by atoms with E-state index in [1.807, 2.05) is 0 Å². The van der Waals surface area contributed by atoms with Crippen LogP contribution in [0, 0.1) is 0 Å². The SMILES string of the molecule is CC(C)Nc1nc(-c2ccc(C(C)(C)C)cc2)cs1. The topological polar surface area (TPSA) is 24.9 Å². The molecule has 0 fully saturated rings. The lowest BCUT2D eigenvalue weighted by atomic mass is 9.86. The van der Waals surface area contributed by atoms with Gasteiger partial charge in [0.15, 0.2) is 5.13 Å². The van der Waals surface area contributed by atoms with E-state index < -0.39 is 0 Å². The van der Waals surface area contributed by atoms with Gasteiger partial charge < -0.3 is 5.32 Å². The van der Waals surface area contributed by atoms with Gasteiger partial charge in [0.2, 0.25) is 0 Å². The normalized spacial score (nSPS) is 11.9. The van der Waals surface area contributed by atoms with Crippen molar-refractivity contribution in [1.29, 1.82) is 0 Å². The molecule has 102 valence electrons. The van der Waals surface area contributed by atoms with Crippen molar-refractivity contribution in [1.82, 2.24) is 4.98 Å². The standard InChI is InChI=1S/C16H22N2S/c1-11(2)17-15-18-14(10-19-15)12-6-8-13(9-7-12)16(3,4)5/h6-11H,1-5H3,(H,17,18). The highest BCUT2D eigenvalue weighted by Gasteiger charge is 2.13. The predicted octanol–water partition coefficient (Wildman–Crippen LogP) is 4.93. The van der Waals surface area contributed by atoms with Crippen molar-refractivity contribution >= 4 is 16.5 Å². The zero-order valence-corrected chi connectivity index (χ0v) is 13.1. The third-order valence-electron chi connectivity index (χ3n) is 2.96. The summed E-state index contributed by atoms with van der Waals surface area (Å²) < 4.78 is 0. The van der Waals surface area contributed by atoms with E-state index in [9.17, 15) is 0 Å². The fourth-order valence-electron chi connectivity index (χ4n) is 1.86. The maximum Gasteiger partial charge on any atom is 0.183 e. The molecule has 0 bridgehead atoms. The van der Waals surface area contributed by atoms with Crippen LogP contribution >= 0.6 is 11.3 Å². The van der Waals surface area contributed by atoms with Crippen LogP contribution in [0.25, 0.3) is 11.3 Å². The third-order valence-corrected chi connectivity index (χ3v) is 3.74. The summed E-state index contributed by atoms with van der Waals surface area (Å²) in [6.45, 7) is 10.9. The molecule has 0 aliphatic heterocycles. The van der Waals surface area contributed by atoms with Crippen LogP contribution in [0.5, 0.6) is 0 Å². The van der Waals surface area contributed by atoms with Crippen LogP contribution in [0.1, 0.15) is 40.2 Å². The van der Waals surface area contributed by atoms with E-state index in [1.54, 1.807) is 11.3 Å². The molecule has 1 aromatic heterocycles. The molecule has 2 nitrogen and oxygen atoms in total. The average Bonchev–Trinajstić information content (AvgIpc) is 2.75. The first kappa shape index (κ1) is 14.1. The molecular formula is C16H22N2S. The van der Waals surface area contributed by atoms with Crippen LogP contribution in [0.15, 0.2) is 29.6 Å². The third kappa shape index (κ3) is 3.57. The molecule has 0 amide bonds. The van der Waals surface area contributed by atoms with E-state index in [0.29, 0.717) is 6.04 Å². The Labute approximate surface area is 119 Å². The Balaban J connectivity index is 2.20. The van der Waals surface area contributed by atoms with Gasteiger partial charge in [-0.15, -0.1) is 11.3 Å².